The first-order valence-electron chi connectivity index (χ1n) is 7.90. The molecule has 4 nitrogen and oxygen atoms in total. The minimum absolute atomic E-state index is 0.0555. The lowest BCUT2D eigenvalue weighted by molar-refractivity contribution is -0.323. The number of hydrogen-bond donors (Lipinski definition) is 0. The average Bonchev–Trinajstić information content (AvgIpc) is 2.99. The van der Waals surface area contributed by atoms with Gasteiger partial charge in [-0.25, -0.2) is 0 Å². The molecule has 1 amide bonds. The Kier molecular flexibility index (Phi) is 3.31. The third-order valence-corrected chi connectivity index (χ3v) is 6.13. The second-order valence-corrected chi connectivity index (χ2v) is 7.30. The highest BCUT2D eigenvalue weighted by Crippen LogP contribution is 2.56. The molecule has 0 aromatic heterocycles. The molecule has 4 heteroatoms. The highest BCUT2D eigenvalue weighted by Gasteiger charge is 2.55. The molecule has 1 fully saturated rings. The van der Waals surface area contributed by atoms with E-state index in [9.17, 15) is 14.7 Å². The molecule has 1 saturated carbocycles. The Bertz CT molecular complexity index is 637. The van der Waals surface area contributed by atoms with Gasteiger partial charge in [-0.2, -0.15) is 0 Å². The van der Waals surface area contributed by atoms with E-state index in [1.54, 1.807) is 6.92 Å². The molecule has 1 heterocycles. The summed E-state index contributed by atoms with van der Waals surface area (Å²) in [5.41, 5.74) is 0.604. The van der Waals surface area contributed by atoms with Gasteiger partial charge in [-0.3, -0.25) is 4.79 Å². The molecule has 0 bridgehead atoms. The Balaban J connectivity index is 1.90. The first kappa shape index (κ1) is 15.1. The first-order chi connectivity index (χ1) is 10.3. The van der Waals surface area contributed by atoms with Crippen LogP contribution in [0.25, 0.3) is 0 Å². The smallest absolute Gasteiger partial charge is 0.230 e. The van der Waals surface area contributed by atoms with Crippen LogP contribution in [0.1, 0.15) is 39.2 Å². The quantitative estimate of drug-likeness (QED) is 0.836. The van der Waals surface area contributed by atoms with Crippen molar-refractivity contribution in [3.8, 4) is 0 Å². The zero-order valence-corrected chi connectivity index (χ0v) is 13.4. The summed E-state index contributed by atoms with van der Waals surface area (Å²) in [5, 5.41) is 11.6. The summed E-state index contributed by atoms with van der Waals surface area (Å²) in [6.45, 7) is 6.18. The number of carboxylic acid groups (broad SMARTS) is 1. The van der Waals surface area contributed by atoms with Crippen LogP contribution in [0, 0.1) is 16.7 Å². The maximum atomic E-state index is 13.0. The minimum atomic E-state index is -1.05. The largest absolute Gasteiger partial charge is 0.550 e. The molecule has 1 aromatic carbocycles. The van der Waals surface area contributed by atoms with Crippen molar-refractivity contribution in [1.29, 1.82) is 0 Å². The lowest BCUT2D eigenvalue weighted by atomic mass is 9.65. The third kappa shape index (κ3) is 1.89. The molecule has 3 rings (SSSR count). The van der Waals surface area contributed by atoms with Gasteiger partial charge in [0.15, 0.2) is 0 Å². The average molecular weight is 300 g/mol. The van der Waals surface area contributed by atoms with Crippen molar-refractivity contribution in [2.75, 3.05) is 11.4 Å². The number of carboxylic acids is 1. The summed E-state index contributed by atoms with van der Waals surface area (Å²) in [5.74, 6) is -1.27. The van der Waals surface area contributed by atoms with Gasteiger partial charge in [0.05, 0.1) is 0 Å². The van der Waals surface area contributed by atoms with Crippen molar-refractivity contribution < 1.29 is 14.7 Å². The molecule has 2 aliphatic rings. The van der Waals surface area contributed by atoms with Gasteiger partial charge in [-0.15, -0.1) is 0 Å². The lowest BCUT2D eigenvalue weighted by Crippen LogP contribution is -2.50. The summed E-state index contributed by atoms with van der Waals surface area (Å²) in [4.78, 5) is 26.5. The Morgan fingerprint density at radius 3 is 2.55 bits per heavy atom. The van der Waals surface area contributed by atoms with E-state index in [1.807, 2.05) is 43.0 Å². The number of rotatable bonds is 2. The third-order valence-electron chi connectivity index (χ3n) is 6.13. The van der Waals surface area contributed by atoms with Crippen LogP contribution in [0.5, 0.6) is 0 Å². The number of hydrogen-bond acceptors (Lipinski definition) is 3. The Morgan fingerprint density at radius 2 is 1.91 bits per heavy atom. The molecule has 1 aliphatic carbocycles. The Hall–Kier alpha value is -1.84. The lowest BCUT2D eigenvalue weighted by Gasteiger charge is -2.42. The van der Waals surface area contributed by atoms with E-state index >= 15 is 0 Å². The van der Waals surface area contributed by atoms with Gasteiger partial charge in [0.25, 0.3) is 0 Å². The maximum Gasteiger partial charge on any atom is 0.230 e. The fourth-order valence-electron chi connectivity index (χ4n) is 4.05. The molecule has 118 valence electrons. The molecule has 1 aromatic rings. The number of fused-ring (bicyclic) bond motifs is 1. The molecule has 1 aliphatic heterocycles. The highest BCUT2D eigenvalue weighted by atomic mass is 16.4. The van der Waals surface area contributed by atoms with Crippen LogP contribution >= 0.6 is 0 Å². The van der Waals surface area contributed by atoms with Gasteiger partial charge >= 0.3 is 0 Å². The van der Waals surface area contributed by atoms with Gasteiger partial charge in [0.1, 0.15) is 0 Å². The van der Waals surface area contributed by atoms with Crippen LogP contribution in [0.15, 0.2) is 24.3 Å². The monoisotopic (exact) mass is 300 g/mol. The molecule has 22 heavy (non-hydrogen) atoms. The van der Waals surface area contributed by atoms with E-state index in [0.717, 1.165) is 12.1 Å². The van der Waals surface area contributed by atoms with Gasteiger partial charge in [0, 0.05) is 29.5 Å². The highest BCUT2D eigenvalue weighted by molar-refractivity contribution is 5.98. The summed E-state index contributed by atoms with van der Waals surface area (Å²) in [7, 11) is 0. The standard InChI is InChI=1S/C18H23NO3/c1-17(2)13(8-10-18(17,3)16(21)22)15(20)19-11-9-12-6-4-5-7-14(12)19/h4-7,13H,8-11H2,1-3H3,(H,21,22)/p-1. The number of carbonyl (C=O) groups excluding carboxylic acids is 2. The summed E-state index contributed by atoms with van der Waals surface area (Å²) < 4.78 is 0. The van der Waals surface area contributed by atoms with Gasteiger partial charge < -0.3 is 14.8 Å². The molecular formula is C18H22NO3-. The maximum absolute atomic E-state index is 13.0. The van der Waals surface area contributed by atoms with Crippen molar-refractivity contribution in [2.45, 2.75) is 40.0 Å². The van der Waals surface area contributed by atoms with Crippen molar-refractivity contribution in [3.63, 3.8) is 0 Å². The van der Waals surface area contributed by atoms with Crippen LogP contribution in [-0.4, -0.2) is 18.4 Å². The topological polar surface area (TPSA) is 60.4 Å². The predicted octanol–water partition coefficient (Wildman–Crippen LogP) is 1.77. The first-order valence-corrected chi connectivity index (χ1v) is 7.90. The number of para-hydroxylation sites is 1. The molecule has 0 saturated heterocycles. The molecule has 0 radical (unpaired) electrons. The number of amides is 1. The van der Waals surface area contributed by atoms with E-state index in [4.69, 9.17) is 0 Å². The minimum Gasteiger partial charge on any atom is -0.550 e. The van der Waals surface area contributed by atoms with Crippen molar-refractivity contribution in [2.24, 2.45) is 16.7 Å². The number of benzene rings is 1. The second kappa shape index (κ2) is 4.83. The van der Waals surface area contributed by atoms with Crippen LogP contribution in [-0.2, 0) is 16.0 Å². The SMILES string of the molecule is CC1(C(=O)[O-])CCC(C(=O)N2CCc3ccccc32)C1(C)C. The van der Waals surface area contributed by atoms with Crippen LogP contribution in [0.2, 0.25) is 0 Å². The zero-order chi connectivity index (χ0) is 16.1. The van der Waals surface area contributed by atoms with E-state index in [-0.39, 0.29) is 11.8 Å². The van der Waals surface area contributed by atoms with Crippen LogP contribution in [0.4, 0.5) is 5.69 Å². The fourth-order valence-corrected chi connectivity index (χ4v) is 4.05. The van der Waals surface area contributed by atoms with E-state index < -0.39 is 16.8 Å². The van der Waals surface area contributed by atoms with E-state index in [2.05, 4.69) is 0 Å². The van der Waals surface area contributed by atoms with Crippen LogP contribution < -0.4 is 10.0 Å². The Morgan fingerprint density at radius 1 is 1.23 bits per heavy atom. The van der Waals surface area contributed by atoms with Crippen molar-refractivity contribution in [3.05, 3.63) is 29.8 Å². The number of carbonyl (C=O) groups is 2. The fraction of sp³-hybridized carbons (Fsp3) is 0.556. The number of anilines is 1. The molecule has 0 N–H and O–H groups in total. The summed E-state index contributed by atoms with van der Waals surface area (Å²) in [6, 6.07) is 7.95. The van der Waals surface area contributed by atoms with Gasteiger partial charge in [-0.1, -0.05) is 39.0 Å². The zero-order valence-electron chi connectivity index (χ0n) is 13.4. The molecule has 0 spiro atoms. The number of nitrogens with zero attached hydrogens (tertiary/aromatic N) is 1. The summed E-state index contributed by atoms with van der Waals surface area (Å²) in [6.07, 6.45) is 1.97. The molecule has 2 atom stereocenters. The van der Waals surface area contributed by atoms with E-state index in [1.165, 1.54) is 5.56 Å². The Labute approximate surface area is 131 Å². The normalized spacial score (nSPS) is 29.4. The van der Waals surface area contributed by atoms with E-state index in [0.29, 0.717) is 19.4 Å². The summed E-state index contributed by atoms with van der Waals surface area (Å²) >= 11 is 0. The van der Waals surface area contributed by atoms with Crippen molar-refractivity contribution in [1.82, 2.24) is 0 Å². The van der Waals surface area contributed by atoms with Gasteiger partial charge in [-0.05, 0) is 36.3 Å². The molecule has 2 unspecified atom stereocenters. The van der Waals surface area contributed by atoms with Gasteiger partial charge in [0.2, 0.25) is 5.91 Å². The predicted molar refractivity (Wildman–Crippen MR) is 82.1 cm³/mol. The number of aliphatic carboxylic acids is 1. The van der Waals surface area contributed by atoms with Crippen LogP contribution in [0.3, 0.4) is 0 Å². The molecular weight excluding hydrogens is 278 g/mol. The van der Waals surface area contributed by atoms with Crippen molar-refractivity contribution >= 4 is 17.6 Å². The second-order valence-electron chi connectivity index (χ2n) is 7.30.